The second-order valence-electron chi connectivity index (χ2n) is 5.71. The van der Waals surface area contributed by atoms with Crippen molar-refractivity contribution in [2.45, 2.75) is 27.2 Å². The minimum absolute atomic E-state index is 0.768. The van der Waals surface area contributed by atoms with Gasteiger partial charge < -0.3 is 15.0 Å². The summed E-state index contributed by atoms with van der Waals surface area (Å²) in [7, 11) is 4.17. The van der Waals surface area contributed by atoms with E-state index in [1.54, 1.807) is 0 Å². The molecule has 0 amide bonds. The first kappa shape index (κ1) is 18.8. The highest BCUT2D eigenvalue weighted by molar-refractivity contribution is 4.64. The minimum atomic E-state index is 0.768. The molecule has 0 spiro atoms. The monoisotopic (exact) mass is 273 g/mol. The van der Waals surface area contributed by atoms with Gasteiger partial charge in [-0.3, -0.25) is 4.90 Å². The van der Waals surface area contributed by atoms with E-state index in [9.17, 15) is 0 Å². The molecule has 0 radical (unpaired) electrons. The van der Waals surface area contributed by atoms with Crippen molar-refractivity contribution < 1.29 is 4.74 Å². The molecule has 0 saturated carbocycles. The van der Waals surface area contributed by atoms with E-state index in [2.05, 4.69) is 42.9 Å². The molecule has 0 aliphatic carbocycles. The standard InChI is InChI=1S/C11H24N2O.C4H11N/c1-11(2)10-12(3)4-5-13-6-8-14-9-7-13;1-3-4-5-2/h11H,4-10H2,1-3H3;5H,3-4H2,1-2H3. The molecule has 19 heavy (non-hydrogen) atoms. The molecule has 0 unspecified atom stereocenters. The fourth-order valence-corrected chi connectivity index (χ4v) is 2.10. The van der Waals surface area contributed by atoms with Crippen molar-refractivity contribution in [3.63, 3.8) is 0 Å². The van der Waals surface area contributed by atoms with Gasteiger partial charge in [-0.05, 0) is 33.0 Å². The second kappa shape index (κ2) is 12.9. The summed E-state index contributed by atoms with van der Waals surface area (Å²) in [6, 6.07) is 0. The van der Waals surface area contributed by atoms with E-state index < -0.39 is 0 Å². The molecular formula is C15H35N3O. The summed E-state index contributed by atoms with van der Waals surface area (Å²) in [6.45, 7) is 15.4. The predicted molar refractivity (Wildman–Crippen MR) is 83.8 cm³/mol. The van der Waals surface area contributed by atoms with Crippen molar-refractivity contribution >= 4 is 0 Å². The molecule has 1 saturated heterocycles. The highest BCUT2D eigenvalue weighted by Gasteiger charge is 2.10. The molecule has 1 heterocycles. The van der Waals surface area contributed by atoms with Crippen molar-refractivity contribution in [3.8, 4) is 0 Å². The maximum atomic E-state index is 5.32. The lowest BCUT2D eigenvalue weighted by Crippen LogP contribution is -2.41. The lowest BCUT2D eigenvalue weighted by atomic mass is 10.2. The van der Waals surface area contributed by atoms with Gasteiger partial charge in [-0.15, -0.1) is 0 Å². The van der Waals surface area contributed by atoms with Crippen molar-refractivity contribution in [1.29, 1.82) is 0 Å². The smallest absolute Gasteiger partial charge is 0.0594 e. The average Bonchev–Trinajstić information content (AvgIpc) is 2.38. The average molecular weight is 273 g/mol. The number of ether oxygens (including phenoxy) is 1. The van der Waals surface area contributed by atoms with E-state index >= 15 is 0 Å². The fraction of sp³-hybridized carbons (Fsp3) is 1.00. The molecule has 1 aliphatic rings. The Labute approximate surface area is 120 Å². The van der Waals surface area contributed by atoms with E-state index in [4.69, 9.17) is 4.74 Å². The largest absolute Gasteiger partial charge is 0.379 e. The van der Waals surface area contributed by atoms with Gasteiger partial charge in [-0.2, -0.15) is 0 Å². The summed E-state index contributed by atoms with van der Waals surface area (Å²) in [4.78, 5) is 4.90. The predicted octanol–water partition coefficient (Wildman–Crippen LogP) is 1.52. The molecule has 0 bridgehead atoms. The Balaban J connectivity index is 0.000000555. The SMILES string of the molecule is CC(C)CN(C)CCN1CCOCC1.CCCNC. The molecule has 0 atom stereocenters. The topological polar surface area (TPSA) is 27.7 Å². The van der Waals surface area contributed by atoms with E-state index in [0.717, 1.165) is 38.8 Å². The van der Waals surface area contributed by atoms with Crippen molar-refractivity contribution in [2.24, 2.45) is 5.92 Å². The van der Waals surface area contributed by atoms with Crippen LogP contribution in [0.2, 0.25) is 0 Å². The lowest BCUT2D eigenvalue weighted by Gasteiger charge is -2.29. The molecule has 1 fully saturated rings. The van der Waals surface area contributed by atoms with Crippen LogP contribution < -0.4 is 5.32 Å². The summed E-state index contributed by atoms with van der Waals surface area (Å²) in [5, 5.41) is 3.02. The molecule has 4 nitrogen and oxygen atoms in total. The molecule has 0 aromatic heterocycles. The first-order chi connectivity index (χ1) is 9.10. The molecule has 0 aromatic rings. The normalized spacial score (nSPS) is 16.6. The Morgan fingerprint density at radius 1 is 1.26 bits per heavy atom. The van der Waals surface area contributed by atoms with E-state index in [0.29, 0.717) is 0 Å². The Bertz CT molecular complexity index is 180. The van der Waals surface area contributed by atoms with Crippen molar-refractivity contribution in [3.05, 3.63) is 0 Å². The zero-order valence-corrected chi connectivity index (χ0v) is 13.7. The molecule has 116 valence electrons. The van der Waals surface area contributed by atoms with Crippen LogP contribution >= 0.6 is 0 Å². The minimum Gasteiger partial charge on any atom is -0.379 e. The van der Waals surface area contributed by atoms with Gasteiger partial charge in [0.1, 0.15) is 0 Å². The van der Waals surface area contributed by atoms with Crippen molar-refractivity contribution in [2.75, 3.05) is 66.6 Å². The van der Waals surface area contributed by atoms with Crippen LogP contribution in [0.1, 0.15) is 27.2 Å². The van der Waals surface area contributed by atoms with Gasteiger partial charge in [0.2, 0.25) is 0 Å². The number of rotatable bonds is 7. The molecule has 0 aromatic carbocycles. The van der Waals surface area contributed by atoms with Crippen LogP contribution in [-0.2, 0) is 4.74 Å². The first-order valence-electron chi connectivity index (χ1n) is 7.73. The van der Waals surface area contributed by atoms with Crippen LogP contribution in [0.4, 0.5) is 0 Å². The fourth-order valence-electron chi connectivity index (χ4n) is 2.10. The van der Waals surface area contributed by atoms with Crippen LogP contribution in [0.25, 0.3) is 0 Å². The maximum absolute atomic E-state index is 5.32. The summed E-state index contributed by atoms with van der Waals surface area (Å²) >= 11 is 0. The summed E-state index contributed by atoms with van der Waals surface area (Å²) in [6.07, 6.45) is 1.23. The second-order valence-corrected chi connectivity index (χ2v) is 5.71. The van der Waals surface area contributed by atoms with Gasteiger partial charge in [0, 0.05) is 32.7 Å². The third kappa shape index (κ3) is 12.6. The third-order valence-corrected chi connectivity index (χ3v) is 3.08. The first-order valence-corrected chi connectivity index (χ1v) is 7.73. The summed E-state index contributed by atoms with van der Waals surface area (Å²) in [5.41, 5.74) is 0. The number of morpholine rings is 1. The molecule has 1 aliphatic heterocycles. The number of hydrogen-bond acceptors (Lipinski definition) is 4. The number of nitrogens with zero attached hydrogens (tertiary/aromatic N) is 2. The van der Waals surface area contributed by atoms with Gasteiger partial charge in [0.05, 0.1) is 13.2 Å². The van der Waals surface area contributed by atoms with E-state index in [1.807, 2.05) is 7.05 Å². The van der Waals surface area contributed by atoms with Crippen LogP contribution in [0.3, 0.4) is 0 Å². The molecular weight excluding hydrogens is 238 g/mol. The van der Waals surface area contributed by atoms with Crippen molar-refractivity contribution in [1.82, 2.24) is 15.1 Å². The maximum Gasteiger partial charge on any atom is 0.0594 e. The third-order valence-electron chi connectivity index (χ3n) is 3.08. The quantitative estimate of drug-likeness (QED) is 0.761. The zero-order chi connectivity index (χ0) is 14.5. The van der Waals surface area contributed by atoms with Gasteiger partial charge in [-0.25, -0.2) is 0 Å². The molecule has 4 heteroatoms. The highest BCUT2D eigenvalue weighted by Crippen LogP contribution is 1.99. The van der Waals surface area contributed by atoms with E-state index in [-0.39, 0.29) is 0 Å². The van der Waals surface area contributed by atoms with Gasteiger partial charge in [0.25, 0.3) is 0 Å². The van der Waals surface area contributed by atoms with Crippen LogP contribution in [0.5, 0.6) is 0 Å². The van der Waals surface area contributed by atoms with Gasteiger partial charge in [0.15, 0.2) is 0 Å². The zero-order valence-electron chi connectivity index (χ0n) is 13.7. The van der Waals surface area contributed by atoms with Gasteiger partial charge in [-0.1, -0.05) is 20.8 Å². The highest BCUT2D eigenvalue weighted by atomic mass is 16.5. The Morgan fingerprint density at radius 3 is 2.32 bits per heavy atom. The number of hydrogen-bond donors (Lipinski definition) is 1. The Morgan fingerprint density at radius 2 is 1.89 bits per heavy atom. The summed E-state index contributed by atoms with van der Waals surface area (Å²) in [5.74, 6) is 0.768. The molecule has 1 rings (SSSR count). The lowest BCUT2D eigenvalue weighted by molar-refractivity contribution is 0.0341. The number of nitrogens with one attached hydrogen (secondary N) is 1. The summed E-state index contributed by atoms with van der Waals surface area (Å²) < 4.78 is 5.32. The number of likely N-dealkylation sites (N-methyl/N-ethyl adjacent to an activating group) is 1. The molecule has 1 N–H and O–H groups in total. The van der Waals surface area contributed by atoms with Gasteiger partial charge >= 0.3 is 0 Å². The van der Waals surface area contributed by atoms with Crippen LogP contribution in [-0.4, -0.2) is 76.4 Å². The van der Waals surface area contributed by atoms with Crippen LogP contribution in [0, 0.1) is 5.92 Å². The van der Waals surface area contributed by atoms with E-state index in [1.165, 1.54) is 26.1 Å². The Hall–Kier alpha value is -0.160. The Kier molecular flexibility index (Phi) is 12.7. The van der Waals surface area contributed by atoms with Crippen LogP contribution in [0.15, 0.2) is 0 Å².